The molecule has 0 saturated carbocycles. The molecule has 0 aliphatic carbocycles. The molecule has 6 heteroatoms. The van der Waals surface area contributed by atoms with Crippen LogP contribution < -0.4 is 5.32 Å². The highest BCUT2D eigenvalue weighted by molar-refractivity contribution is 6.30. The topological polar surface area (TPSA) is 59.8 Å². The third-order valence-corrected chi connectivity index (χ3v) is 4.32. The summed E-state index contributed by atoms with van der Waals surface area (Å²) in [5, 5.41) is 8.05. The standard InChI is InChI=1S/C20H21ClN4O/c1-20(2,3)17-10-18(25(4)24-17)23-19(26)15-9-14(11-22-12-15)13-5-7-16(21)8-6-13/h5-12H,1-4H3,(H,23,26). The number of aromatic nitrogens is 3. The normalized spacial score (nSPS) is 11.4. The fraction of sp³-hybridized carbons (Fsp3) is 0.250. The van der Waals surface area contributed by atoms with Crippen molar-refractivity contribution in [3.63, 3.8) is 0 Å². The Morgan fingerprint density at radius 1 is 1.08 bits per heavy atom. The van der Waals surface area contributed by atoms with Crippen molar-refractivity contribution in [3.05, 3.63) is 65.1 Å². The first-order valence-electron chi connectivity index (χ1n) is 8.31. The van der Waals surface area contributed by atoms with Gasteiger partial charge in [0.15, 0.2) is 0 Å². The third kappa shape index (κ3) is 3.94. The second-order valence-corrected chi connectivity index (χ2v) is 7.65. The lowest BCUT2D eigenvalue weighted by atomic mass is 9.92. The number of carbonyl (C=O) groups is 1. The van der Waals surface area contributed by atoms with Crippen LogP contribution in [0.4, 0.5) is 5.82 Å². The fourth-order valence-electron chi connectivity index (χ4n) is 2.50. The summed E-state index contributed by atoms with van der Waals surface area (Å²) in [6, 6.07) is 11.1. The number of halogens is 1. The van der Waals surface area contributed by atoms with Crippen LogP contribution in [-0.2, 0) is 12.5 Å². The fourth-order valence-corrected chi connectivity index (χ4v) is 2.63. The lowest BCUT2D eigenvalue weighted by Gasteiger charge is -2.13. The van der Waals surface area contributed by atoms with Crippen molar-refractivity contribution in [2.45, 2.75) is 26.2 Å². The van der Waals surface area contributed by atoms with Gasteiger partial charge in [0.1, 0.15) is 5.82 Å². The number of aryl methyl sites for hydroxylation is 1. The average Bonchev–Trinajstić information content (AvgIpc) is 2.97. The van der Waals surface area contributed by atoms with Gasteiger partial charge in [0.2, 0.25) is 0 Å². The highest BCUT2D eigenvalue weighted by Crippen LogP contribution is 2.24. The number of anilines is 1. The molecule has 2 heterocycles. The van der Waals surface area contributed by atoms with Crippen LogP contribution in [-0.4, -0.2) is 20.7 Å². The average molecular weight is 369 g/mol. The van der Waals surface area contributed by atoms with Crippen molar-refractivity contribution in [2.24, 2.45) is 7.05 Å². The molecule has 134 valence electrons. The van der Waals surface area contributed by atoms with Crippen LogP contribution in [0.1, 0.15) is 36.8 Å². The molecule has 0 spiro atoms. The molecule has 0 unspecified atom stereocenters. The largest absolute Gasteiger partial charge is 0.307 e. The van der Waals surface area contributed by atoms with Gasteiger partial charge < -0.3 is 5.32 Å². The van der Waals surface area contributed by atoms with Crippen molar-refractivity contribution < 1.29 is 4.79 Å². The number of pyridine rings is 1. The lowest BCUT2D eigenvalue weighted by Crippen LogP contribution is -2.14. The zero-order valence-electron chi connectivity index (χ0n) is 15.2. The molecule has 0 fully saturated rings. The highest BCUT2D eigenvalue weighted by Gasteiger charge is 2.20. The van der Waals surface area contributed by atoms with Crippen molar-refractivity contribution in [2.75, 3.05) is 5.32 Å². The molecule has 3 aromatic rings. The Bertz CT molecular complexity index is 939. The predicted molar refractivity (Wildman–Crippen MR) is 105 cm³/mol. The molecule has 3 rings (SSSR count). The number of carbonyl (C=O) groups excluding carboxylic acids is 1. The van der Waals surface area contributed by atoms with Gasteiger partial charge in [0, 0.05) is 41.5 Å². The number of amides is 1. The summed E-state index contributed by atoms with van der Waals surface area (Å²) in [4.78, 5) is 16.8. The van der Waals surface area contributed by atoms with Crippen LogP contribution in [0.15, 0.2) is 48.8 Å². The summed E-state index contributed by atoms with van der Waals surface area (Å²) in [7, 11) is 1.81. The van der Waals surface area contributed by atoms with E-state index in [1.807, 2.05) is 43.4 Å². The van der Waals surface area contributed by atoms with Gasteiger partial charge in [0.05, 0.1) is 11.3 Å². The van der Waals surface area contributed by atoms with E-state index in [0.717, 1.165) is 16.8 Å². The van der Waals surface area contributed by atoms with E-state index in [1.54, 1.807) is 17.1 Å². The first-order valence-corrected chi connectivity index (χ1v) is 8.69. The zero-order chi connectivity index (χ0) is 18.9. The second-order valence-electron chi connectivity index (χ2n) is 7.21. The lowest BCUT2D eigenvalue weighted by molar-refractivity contribution is 0.102. The van der Waals surface area contributed by atoms with Crippen LogP contribution in [0.2, 0.25) is 5.02 Å². The maximum Gasteiger partial charge on any atom is 0.258 e. The monoisotopic (exact) mass is 368 g/mol. The van der Waals surface area contributed by atoms with E-state index >= 15 is 0 Å². The molecular weight excluding hydrogens is 348 g/mol. The molecule has 0 aliphatic heterocycles. The van der Waals surface area contributed by atoms with E-state index in [4.69, 9.17) is 11.6 Å². The van der Waals surface area contributed by atoms with Crippen LogP contribution in [0, 0.1) is 0 Å². The Hall–Kier alpha value is -2.66. The molecule has 0 atom stereocenters. The predicted octanol–water partition coefficient (Wildman–Crippen LogP) is 4.69. The van der Waals surface area contributed by atoms with E-state index in [0.29, 0.717) is 16.4 Å². The SMILES string of the molecule is Cn1nc(C(C)(C)C)cc1NC(=O)c1cncc(-c2ccc(Cl)cc2)c1. The highest BCUT2D eigenvalue weighted by atomic mass is 35.5. The first-order chi connectivity index (χ1) is 12.2. The summed E-state index contributed by atoms with van der Waals surface area (Å²) < 4.78 is 1.68. The van der Waals surface area contributed by atoms with Crippen molar-refractivity contribution >= 4 is 23.3 Å². The number of nitrogens with zero attached hydrogens (tertiary/aromatic N) is 3. The van der Waals surface area contributed by atoms with Gasteiger partial charge >= 0.3 is 0 Å². The van der Waals surface area contributed by atoms with Gasteiger partial charge in [-0.2, -0.15) is 5.10 Å². The molecule has 1 N–H and O–H groups in total. The quantitative estimate of drug-likeness (QED) is 0.729. The molecule has 1 aromatic carbocycles. The third-order valence-electron chi connectivity index (χ3n) is 4.07. The molecule has 0 radical (unpaired) electrons. The van der Waals surface area contributed by atoms with Gasteiger partial charge in [-0.15, -0.1) is 0 Å². The molecule has 1 amide bonds. The zero-order valence-corrected chi connectivity index (χ0v) is 16.0. The Morgan fingerprint density at radius 2 is 1.77 bits per heavy atom. The Labute approximate surface area is 158 Å². The minimum absolute atomic E-state index is 0.0865. The molecule has 0 aliphatic rings. The van der Waals surface area contributed by atoms with Crippen molar-refractivity contribution in [3.8, 4) is 11.1 Å². The summed E-state index contributed by atoms with van der Waals surface area (Å²) in [6.07, 6.45) is 3.28. The Kier molecular flexibility index (Phi) is 4.83. The summed E-state index contributed by atoms with van der Waals surface area (Å²) >= 11 is 5.93. The van der Waals surface area contributed by atoms with Crippen LogP contribution in [0.3, 0.4) is 0 Å². The number of hydrogen-bond acceptors (Lipinski definition) is 3. The van der Waals surface area contributed by atoms with E-state index in [-0.39, 0.29) is 11.3 Å². The van der Waals surface area contributed by atoms with E-state index < -0.39 is 0 Å². The van der Waals surface area contributed by atoms with Gasteiger partial charge in [0.25, 0.3) is 5.91 Å². The molecule has 0 bridgehead atoms. The second kappa shape index (κ2) is 6.92. The minimum Gasteiger partial charge on any atom is -0.307 e. The maximum absolute atomic E-state index is 12.6. The van der Waals surface area contributed by atoms with E-state index in [2.05, 4.69) is 36.2 Å². The van der Waals surface area contributed by atoms with Crippen LogP contribution in [0.25, 0.3) is 11.1 Å². The first kappa shape index (κ1) is 18.1. The van der Waals surface area contributed by atoms with Crippen LogP contribution in [0.5, 0.6) is 0 Å². The van der Waals surface area contributed by atoms with Crippen molar-refractivity contribution in [1.29, 1.82) is 0 Å². The number of hydrogen-bond donors (Lipinski definition) is 1. The number of rotatable bonds is 3. The summed E-state index contributed by atoms with van der Waals surface area (Å²) in [5.74, 6) is 0.425. The molecule has 0 saturated heterocycles. The molecule has 26 heavy (non-hydrogen) atoms. The van der Waals surface area contributed by atoms with E-state index in [9.17, 15) is 4.79 Å². The Balaban J connectivity index is 1.84. The summed E-state index contributed by atoms with van der Waals surface area (Å²) in [5.41, 5.74) is 3.12. The smallest absolute Gasteiger partial charge is 0.258 e. The number of nitrogens with one attached hydrogen (secondary N) is 1. The molecule has 2 aromatic heterocycles. The van der Waals surface area contributed by atoms with Gasteiger partial charge in [-0.3, -0.25) is 14.5 Å². The number of benzene rings is 1. The van der Waals surface area contributed by atoms with Gasteiger partial charge in [-0.1, -0.05) is 44.5 Å². The Morgan fingerprint density at radius 3 is 2.38 bits per heavy atom. The molecular formula is C20H21ClN4O. The van der Waals surface area contributed by atoms with E-state index in [1.165, 1.54) is 0 Å². The van der Waals surface area contributed by atoms with Crippen molar-refractivity contribution in [1.82, 2.24) is 14.8 Å². The maximum atomic E-state index is 12.6. The van der Waals surface area contributed by atoms with Gasteiger partial charge in [-0.05, 0) is 23.8 Å². The van der Waals surface area contributed by atoms with Crippen LogP contribution >= 0.6 is 11.6 Å². The summed E-state index contributed by atoms with van der Waals surface area (Å²) in [6.45, 7) is 6.25. The molecule has 5 nitrogen and oxygen atoms in total. The minimum atomic E-state index is -0.225. The van der Waals surface area contributed by atoms with Gasteiger partial charge in [-0.25, -0.2) is 0 Å².